The van der Waals surface area contributed by atoms with Gasteiger partial charge in [0.2, 0.25) is 0 Å². The van der Waals surface area contributed by atoms with Gasteiger partial charge in [0.05, 0.1) is 30.7 Å². The van der Waals surface area contributed by atoms with Crippen LogP contribution >= 0.6 is 0 Å². The molecule has 1 aromatic carbocycles. The summed E-state index contributed by atoms with van der Waals surface area (Å²) in [5.74, 6) is 0.325. The highest BCUT2D eigenvalue weighted by atomic mass is 28.4. The van der Waals surface area contributed by atoms with Crippen LogP contribution in [0.4, 0.5) is 0 Å². The van der Waals surface area contributed by atoms with Gasteiger partial charge in [0.25, 0.3) is 0 Å². The molecule has 0 unspecified atom stereocenters. The van der Waals surface area contributed by atoms with Crippen molar-refractivity contribution in [1.29, 1.82) is 0 Å². The maximum Gasteiger partial charge on any atom is 0.184 e. The van der Waals surface area contributed by atoms with E-state index in [0.717, 1.165) is 24.8 Å². The zero-order valence-electron chi connectivity index (χ0n) is 17.6. The molecule has 4 atom stereocenters. The minimum atomic E-state index is -1.76. The van der Waals surface area contributed by atoms with Gasteiger partial charge in [0.1, 0.15) is 6.61 Å². The Kier molecular flexibility index (Phi) is 6.81. The van der Waals surface area contributed by atoms with Crippen molar-refractivity contribution in [3.63, 3.8) is 0 Å². The van der Waals surface area contributed by atoms with Gasteiger partial charge in [-0.25, -0.2) is 0 Å². The van der Waals surface area contributed by atoms with E-state index >= 15 is 0 Å². The molecule has 1 aromatic rings. The van der Waals surface area contributed by atoms with E-state index in [0.29, 0.717) is 19.1 Å². The summed E-state index contributed by atoms with van der Waals surface area (Å²) < 4.78 is 25.0. The summed E-state index contributed by atoms with van der Waals surface area (Å²) >= 11 is 0. The van der Waals surface area contributed by atoms with Crippen LogP contribution in [-0.2, 0) is 25.2 Å². The van der Waals surface area contributed by atoms with Crippen LogP contribution in [0.1, 0.15) is 24.8 Å². The Morgan fingerprint density at radius 3 is 2.61 bits per heavy atom. The molecule has 0 N–H and O–H groups in total. The van der Waals surface area contributed by atoms with Gasteiger partial charge in [0.15, 0.2) is 8.32 Å². The summed E-state index contributed by atoms with van der Waals surface area (Å²) in [4.78, 5) is 0. The molecule has 5 heteroatoms. The molecule has 0 spiro atoms. The Bertz CT molecular complexity index is 682. The maximum absolute atomic E-state index is 6.67. The molecular weight excluding hydrogens is 368 g/mol. The molecule has 3 fully saturated rings. The third-order valence-corrected chi connectivity index (χ3v) is 6.68. The number of hydrogen-bond acceptors (Lipinski definition) is 4. The van der Waals surface area contributed by atoms with Gasteiger partial charge in [-0.2, -0.15) is 0 Å². The van der Waals surface area contributed by atoms with Crippen LogP contribution in [0.25, 0.3) is 0 Å². The predicted octanol–water partition coefficient (Wildman–Crippen LogP) is 5.08. The normalized spacial score (nSPS) is 31.1. The second-order valence-corrected chi connectivity index (χ2v) is 13.2. The summed E-state index contributed by atoms with van der Waals surface area (Å²) in [6, 6.07) is 10.4. The second-order valence-electron chi connectivity index (χ2n) is 8.79. The minimum absolute atomic E-state index is 0.0142. The summed E-state index contributed by atoms with van der Waals surface area (Å²) in [6.07, 6.45) is 6.60. The summed E-state index contributed by atoms with van der Waals surface area (Å²) in [6.45, 7) is 11.5. The molecule has 0 aliphatic heterocycles. The predicted molar refractivity (Wildman–Crippen MR) is 115 cm³/mol. The molecule has 28 heavy (non-hydrogen) atoms. The summed E-state index contributed by atoms with van der Waals surface area (Å²) in [7, 11) is 0.0372. The second kappa shape index (κ2) is 8.95. The fraction of sp³-hybridized carbons (Fsp3) is 0.565. The first-order valence-electron chi connectivity index (χ1n) is 10.2. The molecule has 3 aliphatic carbocycles. The molecule has 4 rings (SSSR count). The number of hydrogen-bond donors (Lipinski definition) is 0. The van der Waals surface area contributed by atoms with Crippen LogP contribution in [0.5, 0.6) is 0 Å². The lowest BCUT2D eigenvalue weighted by Gasteiger charge is -2.55. The Hall–Kier alpha value is -1.40. The minimum Gasteiger partial charge on any atom is -0.497 e. The molecule has 0 amide bonds. The smallest absolute Gasteiger partial charge is 0.184 e. The van der Waals surface area contributed by atoms with E-state index in [1.54, 1.807) is 13.2 Å². The van der Waals surface area contributed by atoms with Crippen LogP contribution in [0.3, 0.4) is 0 Å². The molecule has 0 saturated heterocycles. The topological polar surface area (TPSA) is 36.9 Å². The molecule has 3 saturated carbocycles. The number of fused-ring (bicyclic) bond motifs is 3. The van der Waals surface area contributed by atoms with Crippen molar-refractivity contribution < 1.29 is 18.6 Å². The monoisotopic (exact) mass is 402 g/mol. The van der Waals surface area contributed by atoms with E-state index in [-0.39, 0.29) is 17.8 Å². The van der Waals surface area contributed by atoms with E-state index in [2.05, 4.69) is 50.5 Å². The van der Waals surface area contributed by atoms with Crippen molar-refractivity contribution >= 4 is 8.32 Å². The molecule has 2 bridgehead atoms. The number of rotatable bonds is 9. The van der Waals surface area contributed by atoms with Gasteiger partial charge in [-0.1, -0.05) is 43.0 Å². The molecular formula is C23H34O4Si. The zero-order valence-corrected chi connectivity index (χ0v) is 18.6. The molecule has 154 valence electrons. The molecule has 4 nitrogen and oxygen atoms in total. The third-order valence-electron chi connectivity index (χ3n) is 5.71. The number of benzene rings is 1. The van der Waals surface area contributed by atoms with Gasteiger partial charge >= 0.3 is 0 Å². The average molecular weight is 403 g/mol. The first kappa shape index (κ1) is 21.3. The lowest BCUT2D eigenvalue weighted by atomic mass is 9.62. The van der Waals surface area contributed by atoms with E-state index in [4.69, 9.17) is 18.6 Å². The first-order chi connectivity index (χ1) is 13.4. The fourth-order valence-electron chi connectivity index (χ4n) is 4.44. The fourth-order valence-corrected chi connectivity index (χ4v) is 5.50. The number of ether oxygens (including phenoxy) is 3. The highest BCUT2D eigenvalue weighted by Gasteiger charge is 2.56. The number of methoxy groups -OCH3 is 1. The summed E-state index contributed by atoms with van der Waals surface area (Å²) in [5, 5.41) is 0. The highest BCUT2D eigenvalue weighted by Crippen LogP contribution is 2.52. The van der Waals surface area contributed by atoms with Crippen molar-refractivity contribution in [2.45, 2.75) is 63.3 Å². The van der Waals surface area contributed by atoms with Crippen molar-refractivity contribution in [2.24, 2.45) is 5.92 Å². The Labute approximate surface area is 170 Å². The molecule has 3 aliphatic rings. The van der Waals surface area contributed by atoms with Crippen LogP contribution in [0, 0.1) is 5.92 Å². The molecule has 0 radical (unpaired) electrons. The van der Waals surface area contributed by atoms with E-state index in [9.17, 15) is 0 Å². The Balaban J connectivity index is 1.84. The van der Waals surface area contributed by atoms with Gasteiger partial charge in [-0.3, -0.25) is 0 Å². The van der Waals surface area contributed by atoms with Crippen molar-refractivity contribution in [2.75, 3.05) is 13.7 Å². The molecule has 0 aromatic heterocycles. The van der Waals surface area contributed by atoms with Crippen LogP contribution < -0.4 is 0 Å². The van der Waals surface area contributed by atoms with E-state index < -0.39 is 8.32 Å². The zero-order chi connectivity index (χ0) is 20.2. The Morgan fingerprint density at radius 2 is 1.96 bits per heavy atom. The quantitative estimate of drug-likeness (QED) is 0.250. The van der Waals surface area contributed by atoms with Crippen LogP contribution in [0.2, 0.25) is 19.6 Å². The van der Waals surface area contributed by atoms with Crippen LogP contribution in [0.15, 0.2) is 54.8 Å². The van der Waals surface area contributed by atoms with Gasteiger partial charge in [-0.15, -0.1) is 0 Å². The van der Waals surface area contributed by atoms with Crippen molar-refractivity contribution in [3.05, 3.63) is 60.4 Å². The lowest BCUT2D eigenvalue weighted by molar-refractivity contribution is -0.157. The Morgan fingerprint density at radius 1 is 1.21 bits per heavy atom. The van der Waals surface area contributed by atoms with Crippen molar-refractivity contribution in [3.8, 4) is 0 Å². The lowest BCUT2D eigenvalue weighted by Crippen LogP contribution is -2.60. The summed E-state index contributed by atoms with van der Waals surface area (Å²) in [5.41, 5.74) is 1.96. The van der Waals surface area contributed by atoms with Gasteiger partial charge in [0, 0.05) is 25.0 Å². The standard InChI is InChI=1S/C23H34O4Si/c1-6-14-25-17-20-22(27-28(3,4)5)19-12-13-23(20,24-2)15-21(19)26-16-18-10-8-7-9-11-18/h6-11,17,19,21-22H,1,12-16H2,2-5H3/b20-17-/t19-,21+,22+,23-/m1/s1. The maximum atomic E-state index is 6.67. The molecule has 0 heterocycles. The highest BCUT2D eigenvalue weighted by molar-refractivity contribution is 6.69. The van der Waals surface area contributed by atoms with E-state index in [1.165, 1.54) is 5.56 Å². The van der Waals surface area contributed by atoms with Gasteiger partial charge < -0.3 is 18.6 Å². The largest absolute Gasteiger partial charge is 0.497 e. The first-order valence-corrected chi connectivity index (χ1v) is 13.6. The SMILES string of the molecule is C=CCO/C=C1/[C@@H](O[Si](C)(C)C)[C@@H]2CC[C@@]1(OC)C[C@@H]2OCc1ccccc1. The van der Waals surface area contributed by atoms with E-state index in [1.807, 2.05) is 12.3 Å². The van der Waals surface area contributed by atoms with Gasteiger partial charge in [-0.05, 0) is 38.0 Å². The van der Waals surface area contributed by atoms with Crippen molar-refractivity contribution in [1.82, 2.24) is 0 Å². The average Bonchev–Trinajstić information content (AvgIpc) is 2.68. The third kappa shape index (κ3) is 4.77. The van der Waals surface area contributed by atoms with Crippen LogP contribution in [-0.4, -0.2) is 39.8 Å².